The molecule has 0 aliphatic carbocycles. The Balaban J connectivity index is 0.000000324. The molecule has 2 fully saturated rings. The molecule has 2 rings (SSSR count). The first kappa shape index (κ1) is 17.8. The van der Waals surface area contributed by atoms with Crippen LogP contribution in [0.5, 0.6) is 0 Å². The van der Waals surface area contributed by atoms with Gasteiger partial charge >= 0.3 is 11.9 Å². The fourth-order valence-corrected chi connectivity index (χ4v) is 1.60. The molecule has 2 heterocycles. The predicted octanol–water partition coefficient (Wildman–Crippen LogP) is -1.30. The van der Waals surface area contributed by atoms with Gasteiger partial charge in [-0.15, -0.1) is 0 Å². The Kier molecular flexibility index (Phi) is 7.56. The van der Waals surface area contributed by atoms with Crippen molar-refractivity contribution in [2.45, 2.75) is 37.8 Å². The molecule has 2 amide bonds. The molecular weight excluding hydrogens is 357 g/mol. The number of hydrogen-bond donors (Lipinski definition) is 4. The Morgan fingerprint density at radius 2 is 1.21 bits per heavy atom. The molecule has 2 atom stereocenters. The van der Waals surface area contributed by atoms with Gasteiger partial charge < -0.3 is 20.8 Å². The maximum Gasteiger partial charge on any atom is 0.326 e. The number of carbonyl (C=O) groups is 4. The summed E-state index contributed by atoms with van der Waals surface area (Å²) in [6.45, 7) is 0. The maximum absolute atomic E-state index is 10.4. The first-order chi connectivity index (χ1) is 8.40. The number of aliphatic carboxylic acids is 2. The van der Waals surface area contributed by atoms with Crippen LogP contribution in [0.3, 0.4) is 0 Å². The molecule has 4 N–H and O–H groups in total. The molecule has 0 bridgehead atoms. The van der Waals surface area contributed by atoms with Crippen molar-refractivity contribution in [1.82, 2.24) is 10.6 Å². The summed E-state index contributed by atoms with van der Waals surface area (Å²) in [4.78, 5) is 41.0. The Morgan fingerprint density at radius 3 is 1.32 bits per heavy atom. The van der Waals surface area contributed by atoms with E-state index in [0.717, 1.165) is 0 Å². The zero-order valence-electron chi connectivity index (χ0n) is 10.2. The molecule has 0 spiro atoms. The van der Waals surface area contributed by atoms with Gasteiger partial charge in [-0.2, -0.15) is 0 Å². The van der Waals surface area contributed by atoms with Crippen LogP contribution >= 0.6 is 0 Å². The molecule has 19 heavy (non-hydrogen) atoms. The van der Waals surface area contributed by atoms with Gasteiger partial charge in [0.1, 0.15) is 12.1 Å². The average molecular weight is 371 g/mol. The number of carbonyl (C=O) groups excluding carboxylic acids is 2. The van der Waals surface area contributed by atoms with E-state index in [1.165, 1.54) is 0 Å². The van der Waals surface area contributed by atoms with E-state index in [9.17, 15) is 19.2 Å². The van der Waals surface area contributed by atoms with Gasteiger partial charge in [0.2, 0.25) is 11.8 Å². The van der Waals surface area contributed by atoms with E-state index in [4.69, 9.17) is 10.2 Å². The van der Waals surface area contributed by atoms with Crippen molar-refractivity contribution in [3.63, 3.8) is 0 Å². The standard InChI is InChI=1S/2C5H7NO3.Cd/c2*7-4-2-1-3(6-4)5(8)9;/h2*3H,1-2H2,(H,6,7)(H,8,9);. The van der Waals surface area contributed by atoms with Gasteiger partial charge in [-0.25, -0.2) is 9.59 Å². The van der Waals surface area contributed by atoms with Crippen molar-refractivity contribution in [3.8, 4) is 0 Å². The van der Waals surface area contributed by atoms with Crippen LogP contribution < -0.4 is 10.6 Å². The second-order valence-corrected chi connectivity index (χ2v) is 3.99. The number of carboxylic acid groups (broad SMARTS) is 2. The van der Waals surface area contributed by atoms with Crippen LogP contribution in [0.25, 0.3) is 0 Å². The monoisotopic (exact) mass is 372 g/mol. The predicted molar refractivity (Wildman–Crippen MR) is 57.6 cm³/mol. The fourth-order valence-electron chi connectivity index (χ4n) is 1.60. The van der Waals surface area contributed by atoms with Crippen LogP contribution in [0.2, 0.25) is 0 Å². The number of nitrogens with one attached hydrogen (secondary N) is 2. The van der Waals surface area contributed by atoms with E-state index < -0.39 is 24.0 Å². The second kappa shape index (κ2) is 8.07. The minimum Gasteiger partial charge on any atom is -0.480 e. The molecule has 0 aromatic rings. The van der Waals surface area contributed by atoms with Crippen LogP contribution in [-0.4, -0.2) is 46.0 Å². The first-order valence-corrected chi connectivity index (χ1v) is 5.44. The molecule has 2 aliphatic heterocycles. The molecule has 2 saturated heterocycles. The summed E-state index contributed by atoms with van der Waals surface area (Å²) in [7, 11) is 0. The van der Waals surface area contributed by atoms with E-state index in [-0.39, 0.29) is 39.1 Å². The average Bonchev–Trinajstić information content (AvgIpc) is 2.88. The van der Waals surface area contributed by atoms with Crippen LogP contribution in [0.15, 0.2) is 0 Å². The zero-order chi connectivity index (χ0) is 13.7. The first-order valence-electron chi connectivity index (χ1n) is 5.44. The molecule has 0 aromatic heterocycles. The zero-order valence-corrected chi connectivity index (χ0v) is 14.3. The topological polar surface area (TPSA) is 133 Å². The van der Waals surface area contributed by atoms with Crippen LogP contribution in [0.1, 0.15) is 25.7 Å². The molecule has 0 radical (unpaired) electrons. The van der Waals surface area contributed by atoms with E-state index in [2.05, 4.69) is 10.6 Å². The number of hydrogen-bond acceptors (Lipinski definition) is 4. The molecule has 0 aromatic carbocycles. The largest absolute Gasteiger partial charge is 0.480 e. The Bertz CT molecular complexity index is 350. The van der Waals surface area contributed by atoms with Gasteiger partial charge in [-0.3, -0.25) is 9.59 Å². The molecule has 2 aliphatic rings. The third-order valence-corrected chi connectivity index (χ3v) is 2.59. The number of rotatable bonds is 2. The summed E-state index contributed by atoms with van der Waals surface area (Å²) in [5, 5.41) is 21.3. The normalized spacial score (nSPS) is 24.4. The van der Waals surface area contributed by atoms with Gasteiger partial charge in [0.25, 0.3) is 0 Å². The maximum atomic E-state index is 10.4. The molecule has 102 valence electrons. The minimum atomic E-state index is -0.944. The quantitative estimate of drug-likeness (QED) is 0.446. The van der Waals surface area contributed by atoms with Crippen molar-refractivity contribution < 1.29 is 56.7 Å². The third kappa shape index (κ3) is 5.98. The van der Waals surface area contributed by atoms with E-state index >= 15 is 0 Å². The van der Waals surface area contributed by atoms with Crippen LogP contribution in [-0.2, 0) is 46.5 Å². The summed E-state index contributed by atoms with van der Waals surface area (Å²) < 4.78 is 0. The van der Waals surface area contributed by atoms with Gasteiger partial charge in [0.05, 0.1) is 0 Å². The summed E-state index contributed by atoms with van der Waals surface area (Å²) in [6, 6.07) is -1.28. The molecule has 9 heteroatoms. The number of carboxylic acids is 2. The van der Waals surface area contributed by atoms with Crippen molar-refractivity contribution >= 4 is 23.8 Å². The Hall–Kier alpha value is -1.20. The molecule has 8 nitrogen and oxygen atoms in total. The SMILES string of the molecule is O=C1CCC(C(=O)O)N1.O=C1CCC(C(=O)O)N1.[Cd]. The van der Waals surface area contributed by atoms with Crippen molar-refractivity contribution in [1.29, 1.82) is 0 Å². The van der Waals surface area contributed by atoms with Crippen molar-refractivity contribution in [2.24, 2.45) is 0 Å². The molecular formula is C10H14CdN2O6. The van der Waals surface area contributed by atoms with E-state index in [1.807, 2.05) is 0 Å². The van der Waals surface area contributed by atoms with Gasteiger partial charge in [-0.05, 0) is 12.8 Å². The van der Waals surface area contributed by atoms with E-state index in [1.54, 1.807) is 0 Å². The summed E-state index contributed by atoms with van der Waals surface area (Å²) >= 11 is 0. The number of amides is 2. The van der Waals surface area contributed by atoms with Crippen molar-refractivity contribution in [3.05, 3.63) is 0 Å². The summed E-state index contributed by atoms with van der Waals surface area (Å²) in [6.07, 6.45) is 1.54. The fraction of sp³-hybridized carbons (Fsp3) is 0.600. The third-order valence-electron chi connectivity index (χ3n) is 2.59. The van der Waals surface area contributed by atoms with Gasteiger partial charge in [-0.1, -0.05) is 0 Å². The summed E-state index contributed by atoms with van der Waals surface area (Å²) in [5.74, 6) is -2.22. The van der Waals surface area contributed by atoms with E-state index in [0.29, 0.717) is 25.7 Å². The Labute approximate surface area is 129 Å². The Morgan fingerprint density at radius 1 is 0.895 bits per heavy atom. The van der Waals surface area contributed by atoms with Crippen LogP contribution in [0, 0.1) is 0 Å². The minimum absolute atomic E-state index is 0. The van der Waals surface area contributed by atoms with Gasteiger partial charge in [0.15, 0.2) is 0 Å². The summed E-state index contributed by atoms with van der Waals surface area (Å²) in [5.41, 5.74) is 0. The van der Waals surface area contributed by atoms with Gasteiger partial charge in [0, 0.05) is 40.1 Å². The molecule has 2 unspecified atom stereocenters. The smallest absolute Gasteiger partial charge is 0.326 e. The van der Waals surface area contributed by atoms with Crippen LogP contribution in [0.4, 0.5) is 0 Å². The van der Waals surface area contributed by atoms with Crippen molar-refractivity contribution in [2.75, 3.05) is 0 Å². The molecule has 0 saturated carbocycles. The second-order valence-electron chi connectivity index (χ2n) is 3.99.